The first-order valence-electron chi connectivity index (χ1n) is 7.31. The van der Waals surface area contributed by atoms with Gasteiger partial charge in [-0.25, -0.2) is 4.98 Å². The molecule has 2 aromatic heterocycles. The number of nitrogens with one attached hydrogen (secondary N) is 2. The van der Waals surface area contributed by atoms with E-state index < -0.39 is 0 Å². The van der Waals surface area contributed by atoms with Gasteiger partial charge in [0.25, 0.3) is 0 Å². The van der Waals surface area contributed by atoms with Crippen LogP contribution in [0.2, 0.25) is 10.0 Å². The molecule has 0 unspecified atom stereocenters. The van der Waals surface area contributed by atoms with Crippen LogP contribution in [0.25, 0.3) is 0 Å². The molecular formula is C17H15Cl2N5. The summed E-state index contributed by atoms with van der Waals surface area (Å²) in [6, 6.07) is 12.9. The van der Waals surface area contributed by atoms with Crippen LogP contribution in [0, 0.1) is 6.92 Å². The topological polar surface area (TPSA) is 62.7 Å². The number of nitrogens with zero attached hydrogens (tertiary/aromatic N) is 3. The molecule has 0 aliphatic rings. The highest BCUT2D eigenvalue weighted by Crippen LogP contribution is 2.24. The Morgan fingerprint density at radius 2 is 1.79 bits per heavy atom. The summed E-state index contributed by atoms with van der Waals surface area (Å²) in [6.45, 7) is 2.49. The normalized spacial score (nSPS) is 10.5. The first-order chi connectivity index (χ1) is 11.6. The van der Waals surface area contributed by atoms with Gasteiger partial charge in [-0.05, 0) is 37.3 Å². The fraction of sp³-hybridized carbons (Fsp3) is 0.118. The van der Waals surface area contributed by atoms with Crippen LogP contribution in [-0.2, 0) is 6.54 Å². The average Bonchev–Trinajstić information content (AvgIpc) is 2.52. The van der Waals surface area contributed by atoms with Crippen molar-refractivity contribution in [3.63, 3.8) is 0 Å². The molecule has 0 saturated carbocycles. The van der Waals surface area contributed by atoms with Crippen molar-refractivity contribution in [1.29, 1.82) is 0 Å². The van der Waals surface area contributed by atoms with Crippen molar-refractivity contribution >= 4 is 40.7 Å². The summed E-state index contributed by atoms with van der Waals surface area (Å²) in [5.41, 5.74) is 2.50. The molecule has 0 radical (unpaired) electrons. The van der Waals surface area contributed by atoms with Crippen molar-refractivity contribution in [1.82, 2.24) is 15.0 Å². The van der Waals surface area contributed by atoms with Crippen LogP contribution in [0.1, 0.15) is 11.4 Å². The fourth-order valence-corrected chi connectivity index (χ4v) is 2.68. The van der Waals surface area contributed by atoms with Crippen molar-refractivity contribution in [3.8, 4) is 0 Å². The van der Waals surface area contributed by atoms with E-state index in [9.17, 15) is 0 Å². The Labute approximate surface area is 150 Å². The Kier molecular flexibility index (Phi) is 5.13. The van der Waals surface area contributed by atoms with Crippen LogP contribution in [0.3, 0.4) is 0 Å². The molecule has 2 heterocycles. The molecule has 2 N–H and O–H groups in total. The Balaban J connectivity index is 1.76. The molecule has 0 amide bonds. The van der Waals surface area contributed by atoms with Gasteiger partial charge in [-0.15, -0.1) is 0 Å². The van der Waals surface area contributed by atoms with E-state index in [0.29, 0.717) is 28.4 Å². The van der Waals surface area contributed by atoms with Crippen LogP contribution in [-0.4, -0.2) is 15.0 Å². The smallest absolute Gasteiger partial charge is 0.229 e. The lowest BCUT2D eigenvalue weighted by Crippen LogP contribution is -2.06. The molecule has 24 heavy (non-hydrogen) atoms. The van der Waals surface area contributed by atoms with Crippen molar-refractivity contribution in [2.75, 3.05) is 10.6 Å². The Morgan fingerprint density at radius 3 is 2.50 bits per heavy atom. The van der Waals surface area contributed by atoms with Gasteiger partial charge in [-0.2, -0.15) is 4.98 Å². The Bertz CT molecular complexity index is 819. The number of rotatable bonds is 5. The zero-order valence-corrected chi connectivity index (χ0v) is 14.4. The minimum atomic E-state index is 0.469. The van der Waals surface area contributed by atoms with Crippen LogP contribution in [0.5, 0.6) is 0 Å². The zero-order valence-electron chi connectivity index (χ0n) is 12.9. The second-order valence-electron chi connectivity index (χ2n) is 5.18. The highest BCUT2D eigenvalue weighted by atomic mass is 35.5. The average molecular weight is 360 g/mol. The first kappa shape index (κ1) is 16.5. The third kappa shape index (κ3) is 4.57. The molecule has 0 bridgehead atoms. The molecule has 5 nitrogen and oxygen atoms in total. The summed E-state index contributed by atoms with van der Waals surface area (Å²) >= 11 is 12.0. The summed E-state index contributed by atoms with van der Waals surface area (Å²) in [6.07, 6.45) is 1.76. The SMILES string of the molecule is Cc1cc(NCc2ccccn2)nc(Nc2cc(Cl)cc(Cl)c2)n1. The third-order valence-electron chi connectivity index (χ3n) is 3.15. The highest BCUT2D eigenvalue weighted by Gasteiger charge is 2.05. The number of halogens is 2. The number of aromatic nitrogens is 3. The molecule has 122 valence electrons. The van der Waals surface area contributed by atoms with E-state index >= 15 is 0 Å². The number of hydrogen-bond acceptors (Lipinski definition) is 5. The van der Waals surface area contributed by atoms with Gasteiger partial charge < -0.3 is 10.6 Å². The third-order valence-corrected chi connectivity index (χ3v) is 3.59. The summed E-state index contributed by atoms with van der Waals surface area (Å²) in [5, 5.41) is 7.46. The van der Waals surface area contributed by atoms with Crippen LogP contribution < -0.4 is 10.6 Å². The minimum Gasteiger partial charge on any atom is -0.364 e. The minimum absolute atomic E-state index is 0.469. The predicted molar refractivity (Wildman–Crippen MR) is 98.1 cm³/mol. The van der Waals surface area contributed by atoms with Crippen LogP contribution >= 0.6 is 23.2 Å². The summed E-state index contributed by atoms with van der Waals surface area (Å²) in [7, 11) is 0. The van der Waals surface area contributed by atoms with E-state index in [1.165, 1.54) is 0 Å². The maximum Gasteiger partial charge on any atom is 0.229 e. The number of anilines is 3. The molecule has 0 aliphatic carbocycles. The van der Waals surface area contributed by atoms with Gasteiger partial charge in [0, 0.05) is 33.7 Å². The largest absolute Gasteiger partial charge is 0.364 e. The summed E-state index contributed by atoms with van der Waals surface area (Å²) < 4.78 is 0. The Hall–Kier alpha value is -2.37. The van der Waals surface area contributed by atoms with Crippen LogP contribution in [0.4, 0.5) is 17.5 Å². The molecule has 0 fully saturated rings. The molecule has 3 aromatic rings. The lowest BCUT2D eigenvalue weighted by atomic mass is 10.3. The fourth-order valence-electron chi connectivity index (χ4n) is 2.15. The number of aryl methyl sites for hydroxylation is 1. The number of benzene rings is 1. The molecule has 0 spiro atoms. The van der Waals surface area contributed by atoms with Gasteiger partial charge in [-0.3, -0.25) is 4.98 Å². The van der Waals surface area contributed by atoms with E-state index in [0.717, 1.165) is 17.1 Å². The number of pyridine rings is 1. The Morgan fingerprint density at radius 1 is 1.00 bits per heavy atom. The monoisotopic (exact) mass is 359 g/mol. The predicted octanol–water partition coefficient (Wildman–Crippen LogP) is 4.84. The van der Waals surface area contributed by atoms with E-state index in [1.807, 2.05) is 31.2 Å². The first-order valence-corrected chi connectivity index (χ1v) is 8.07. The molecule has 0 atom stereocenters. The lowest BCUT2D eigenvalue weighted by molar-refractivity contribution is 1.01. The molecule has 0 aliphatic heterocycles. The maximum atomic E-state index is 6.01. The standard InChI is InChI=1S/C17H15Cl2N5/c1-11-6-16(21-10-14-4-2-3-5-20-14)24-17(22-11)23-15-8-12(18)7-13(19)9-15/h2-9H,10H2,1H3,(H2,21,22,23,24). The van der Waals surface area contributed by atoms with Gasteiger partial charge >= 0.3 is 0 Å². The van der Waals surface area contributed by atoms with Gasteiger partial charge in [0.2, 0.25) is 5.95 Å². The summed E-state index contributed by atoms with van der Waals surface area (Å²) in [4.78, 5) is 13.1. The van der Waals surface area contributed by atoms with Gasteiger partial charge in [0.1, 0.15) is 5.82 Å². The van der Waals surface area contributed by atoms with Crippen molar-refractivity contribution in [3.05, 3.63) is 70.1 Å². The van der Waals surface area contributed by atoms with Crippen molar-refractivity contribution < 1.29 is 0 Å². The second-order valence-corrected chi connectivity index (χ2v) is 6.05. The van der Waals surface area contributed by atoms with Gasteiger partial charge in [0.15, 0.2) is 0 Å². The lowest BCUT2D eigenvalue weighted by Gasteiger charge is -2.10. The molecule has 7 heteroatoms. The quantitative estimate of drug-likeness (QED) is 0.682. The second kappa shape index (κ2) is 7.47. The molecular weight excluding hydrogens is 345 g/mol. The van der Waals surface area contributed by atoms with Gasteiger partial charge in [-0.1, -0.05) is 29.3 Å². The van der Waals surface area contributed by atoms with Crippen molar-refractivity contribution in [2.24, 2.45) is 0 Å². The number of hydrogen-bond donors (Lipinski definition) is 2. The molecule has 1 aromatic carbocycles. The van der Waals surface area contributed by atoms with E-state index in [4.69, 9.17) is 23.2 Å². The maximum absolute atomic E-state index is 6.01. The molecule has 3 rings (SSSR count). The van der Waals surface area contributed by atoms with E-state index in [2.05, 4.69) is 25.6 Å². The highest BCUT2D eigenvalue weighted by molar-refractivity contribution is 6.35. The zero-order chi connectivity index (χ0) is 16.9. The van der Waals surface area contributed by atoms with Crippen molar-refractivity contribution in [2.45, 2.75) is 13.5 Å². The van der Waals surface area contributed by atoms with E-state index in [-0.39, 0.29) is 0 Å². The summed E-state index contributed by atoms with van der Waals surface area (Å²) in [5.74, 6) is 1.18. The van der Waals surface area contributed by atoms with Crippen LogP contribution in [0.15, 0.2) is 48.7 Å². The molecule has 0 saturated heterocycles. The van der Waals surface area contributed by atoms with Gasteiger partial charge in [0.05, 0.1) is 12.2 Å². The van der Waals surface area contributed by atoms with E-state index in [1.54, 1.807) is 24.4 Å².